The highest BCUT2D eigenvalue weighted by Gasteiger charge is 2.22. The molecule has 1 aliphatic carbocycles. The maximum absolute atomic E-state index is 12.0. The Morgan fingerprint density at radius 3 is 3.05 bits per heavy atom. The smallest absolute Gasteiger partial charge is 0.317 e. The third-order valence-electron chi connectivity index (χ3n) is 4.17. The largest absolute Gasteiger partial charge is 0.396 e. The van der Waals surface area contributed by atoms with Gasteiger partial charge in [-0.2, -0.15) is 0 Å². The number of hydrogen-bond donors (Lipinski definition) is 2. The Morgan fingerprint density at radius 1 is 1.42 bits per heavy atom. The summed E-state index contributed by atoms with van der Waals surface area (Å²) in [5.41, 5.74) is 1.50. The lowest BCUT2D eigenvalue weighted by Gasteiger charge is -2.31. The van der Waals surface area contributed by atoms with Crippen LogP contribution in [0.3, 0.4) is 0 Å². The minimum absolute atomic E-state index is 0.0366. The second-order valence-corrected chi connectivity index (χ2v) is 5.73. The van der Waals surface area contributed by atoms with Gasteiger partial charge in [0.05, 0.1) is 0 Å². The van der Waals surface area contributed by atoms with Crippen molar-refractivity contribution in [2.45, 2.75) is 44.9 Å². The van der Waals surface area contributed by atoms with Crippen LogP contribution in [0.25, 0.3) is 0 Å². The van der Waals surface area contributed by atoms with Crippen LogP contribution < -0.4 is 5.32 Å². The highest BCUT2D eigenvalue weighted by atomic mass is 16.3. The van der Waals surface area contributed by atoms with Gasteiger partial charge in [-0.25, -0.2) is 4.79 Å². The highest BCUT2D eigenvalue weighted by Crippen LogP contribution is 2.19. The molecule has 108 valence electrons. The summed E-state index contributed by atoms with van der Waals surface area (Å²) >= 11 is 0. The van der Waals surface area contributed by atoms with E-state index in [1.165, 1.54) is 31.3 Å². The van der Waals surface area contributed by atoms with Crippen molar-refractivity contribution in [3.8, 4) is 0 Å². The van der Waals surface area contributed by atoms with Crippen LogP contribution in [0, 0.1) is 5.92 Å². The number of hydrogen-bond acceptors (Lipinski definition) is 2. The molecule has 0 aromatic carbocycles. The number of rotatable bonds is 4. The number of aliphatic hydroxyl groups excluding tert-OH is 1. The number of allylic oxidation sites excluding steroid dienone is 1. The standard InChI is InChI=1S/C15H26N2O2/c18-12-14-7-4-10-17(11-14)15(19)16-9-8-13-5-2-1-3-6-13/h5,14,18H,1-4,6-12H2,(H,16,19). The molecule has 1 fully saturated rings. The predicted octanol–water partition coefficient (Wildman–Crippen LogP) is 2.29. The van der Waals surface area contributed by atoms with Crippen LogP contribution in [-0.4, -0.2) is 42.3 Å². The summed E-state index contributed by atoms with van der Waals surface area (Å²) in [6, 6.07) is 0.0366. The van der Waals surface area contributed by atoms with Gasteiger partial charge < -0.3 is 15.3 Å². The number of carbonyl (C=O) groups is 1. The zero-order valence-corrected chi connectivity index (χ0v) is 11.7. The van der Waals surface area contributed by atoms with Crippen LogP contribution in [0.15, 0.2) is 11.6 Å². The van der Waals surface area contributed by atoms with Crippen LogP contribution in [0.5, 0.6) is 0 Å². The van der Waals surface area contributed by atoms with E-state index in [1.807, 2.05) is 4.90 Å². The summed E-state index contributed by atoms with van der Waals surface area (Å²) in [6.07, 6.45) is 10.4. The van der Waals surface area contributed by atoms with Crippen molar-refractivity contribution >= 4 is 6.03 Å². The summed E-state index contributed by atoms with van der Waals surface area (Å²) in [7, 11) is 0. The molecule has 2 rings (SSSR count). The molecule has 0 aromatic rings. The molecule has 4 heteroatoms. The van der Waals surface area contributed by atoms with E-state index in [-0.39, 0.29) is 18.6 Å². The van der Waals surface area contributed by atoms with Gasteiger partial charge in [-0.05, 0) is 50.9 Å². The molecule has 1 atom stereocenters. The zero-order valence-electron chi connectivity index (χ0n) is 11.7. The Kier molecular flexibility index (Phi) is 5.70. The number of amides is 2. The molecule has 4 nitrogen and oxygen atoms in total. The first-order valence-electron chi connectivity index (χ1n) is 7.61. The zero-order chi connectivity index (χ0) is 13.5. The first-order chi connectivity index (χ1) is 9.29. The topological polar surface area (TPSA) is 52.6 Å². The number of nitrogens with zero attached hydrogens (tertiary/aromatic N) is 1. The number of aliphatic hydroxyl groups is 1. The molecule has 1 aliphatic heterocycles. The number of urea groups is 1. The van der Waals surface area contributed by atoms with Crippen molar-refractivity contribution in [1.82, 2.24) is 10.2 Å². The van der Waals surface area contributed by atoms with Gasteiger partial charge in [-0.15, -0.1) is 0 Å². The van der Waals surface area contributed by atoms with Crippen LogP contribution in [-0.2, 0) is 0 Å². The normalized spacial score (nSPS) is 23.9. The summed E-state index contributed by atoms with van der Waals surface area (Å²) in [6.45, 7) is 2.46. The Balaban J connectivity index is 1.67. The van der Waals surface area contributed by atoms with E-state index in [0.717, 1.165) is 32.4 Å². The minimum atomic E-state index is 0.0366. The molecule has 0 bridgehead atoms. The van der Waals surface area contributed by atoms with Crippen molar-refractivity contribution in [3.63, 3.8) is 0 Å². The number of carbonyl (C=O) groups excluding carboxylic acids is 1. The van der Waals surface area contributed by atoms with Gasteiger partial charge in [0.1, 0.15) is 0 Å². The second-order valence-electron chi connectivity index (χ2n) is 5.73. The van der Waals surface area contributed by atoms with Crippen molar-refractivity contribution in [3.05, 3.63) is 11.6 Å². The van der Waals surface area contributed by atoms with Crippen molar-refractivity contribution in [1.29, 1.82) is 0 Å². The molecule has 1 heterocycles. The first-order valence-corrected chi connectivity index (χ1v) is 7.61. The average molecular weight is 266 g/mol. The van der Waals surface area contributed by atoms with E-state index >= 15 is 0 Å². The lowest BCUT2D eigenvalue weighted by molar-refractivity contribution is 0.129. The molecular weight excluding hydrogens is 240 g/mol. The molecule has 0 spiro atoms. The van der Waals surface area contributed by atoms with Gasteiger partial charge in [0, 0.05) is 26.2 Å². The van der Waals surface area contributed by atoms with Gasteiger partial charge in [-0.3, -0.25) is 0 Å². The van der Waals surface area contributed by atoms with Gasteiger partial charge in [0.2, 0.25) is 0 Å². The van der Waals surface area contributed by atoms with E-state index < -0.39 is 0 Å². The Labute approximate surface area is 115 Å². The fourth-order valence-corrected chi connectivity index (χ4v) is 2.97. The quantitative estimate of drug-likeness (QED) is 0.767. The molecule has 19 heavy (non-hydrogen) atoms. The molecule has 2 amide bonds. The molecule has 0 aromatic heterocycles. The Hall–Kier alpha value is -1.03. The van der Waals surface area contributed by atoms with Crippen molar-refractivity contribution < 1.29 is 9.90 Å². The van der Waals surface area contributed by atoms with Crippen LogP contribution in [0.1, 0.15) is 44.9 Å². The fraction of sp³-hybridized carbons (Fsp3) is 0.800. The van der Waals surface area contributed by atoms with Crippen molar-refractivity contribution in [2.24, 2.45) is 5.92 Å². The summed E-state index contributed by atoms with van der Waals surface area (Å²) in [4.78, 5) is 13.9. The van der Waals surface area contributed by atoms with E-state index in [4.69, 9.17) is 0 Å². The lowest BCUT2D eigenvalue weighted by atomic mass is 9.97. The average Bonchev–Trinajstić information content (AvgIpc) is 2.48. The summed E-state index contributed by atoms with van der Waals surface area (Å²) in [5.74, 6) is 0.264. The SMILES string of the molecule is O=C(NCCC1=CCCCC1)N1CCCC(CO)C1. The molecule has 2 N–H and O–H groups in total. The maximum Gasteiger partial charge on any atom is 0.317 e. The Morgan fingerprint density at radius 2 is 2.32 bits per heavy atom. The Bertz CT molecular complexity index is 328. The monoisotopic (exact) mass is 266 g/mol. The van der Waals surface area contributed by atoms with E-state index in [1.54, 1.807) is 0 Å². The maximum atomic E-state index is 12.0. The second kappa shape index (κ2) is 7.53. The third-order valence-corrected chi connectivity index (χ3v) is 4.17. The minimum Gasteiger partial charge on any atom is -0.396 e. The van der Waals surface area contributed by atoms with Crippen LogP contribution >= 0.6 is 0 Å². The highest BCUT2D eigenvalue weighted by molar-refractivity contribution is 5.74. The van der Waals surface area contributed by atoms with Gasteiger partial charge in [0.15, 0.2) is 0 Å². The molecule has 1 unspecified atom stereocenters. The number of nitrogens with one attached hydrogen (secondary N) is 1. The van der Waals surface area contributed by atoms with Gasteiger partial charge in [0.25, 0.3) is 0 Å². The van der Waals surface area contributed by atoms with Crippen LogP contribution in [0.2, 0.25) is 0 Å². The summed E-state index contributed by atoms with van der Waals surface area (Å²) < 4.78 is 0. The van der Waals surface area contributed by atoms with E-state index in [0.29, 0.717) is 6.54 Å². The molecule has 1 saturated heterocycles. The van der Waals surface area contributed by atoms with Gasteiger partial charge in [-0.1, -0.05) is 11.6 Å². The molecule has 0 radical (unpaired) electrons. The summed E-state index contributed by atoms with van der Waals surface area (Å²) in [5, 5.41) is 12.2. The van der Waals surface area contributed by atoms with Crippen LogP contribution in [0.4, 0.5) is 4.79 Å². The fourth-order valence-electron chi connectivity index (χ4n) is 2.97. The predicted molar refractivity (Wildman–Crippen MR) is 75.9 cm³/mol. The van der Waals surface area contributed by atoms with Gasteiger partial charge >= 0.3 is 6.03 Å². The first kappa shape index (κ1) is 14.4. The number of piperidine rings is 1. The van der Waals surface area contributed by atoms with E-state index in [9.17, 15) is 9.90 Å². The van der Waals surface area contributed by atoms with E-state index in [2.05, 4.69) is 11.4 Å². The molecule has 2 aliphatic rings. The molecule has 0 saturated carbocycles. The molecular formula is C15H26N2O2. The number of likely N-dealkylation sites (tertiary alicyclic amines) is 1. The lowest BCUT2D eigenvalue weighted by Crippen LogP contribution is -2.46. The van der Waals surface area contributed by atoms with Crippen molar-refractivity contribution in [2.75, 3.05) is 26.2 Å². The third kappa shape index (κ3) is 4.53.